The first-order chi connectivity index (χ1) is 14.0. The maximum Gasteiger partial charge on any atom is 0.224 e. The molecule has 1 atom stereocenters. The summed E-state index contributed by atoms with van der Waals surface area (Å²) in [5.74, 6) is -0.334. The highest BCUT2D eigenvalue weighted by Crippen LogP contribution is 2.21. The molecule has 0 bridgehead atoms. The van der Waals surface area contributed by atoms with Crippen LogP contribution in [-0.4, -0.2) is 37.5 Å². The van der Waals surface area contributed by atoms with Crippen molar-refractivity contribution < 1.29 is 13.2 Å². The molecule has 0 radical (unpaired) electrons. The van der Waals surface area contributed by atoms with E-state index in [1.807, 2.05) is 48.5 Å². The number of aryl methyl sites for hydroxylation is 1. The predicted octanol–water partition coefficient (Wildman–Crippen LogP) is 3.63. The lowest BCUT2D eigenvalue weighted by Gasteiger charge is -2.31. The fraction of sp³-hybridized carbons (Fsp3) is 0.409. The van der Waals surface area contributed by atoms with Crippen LogP contribution in [0, 0.1) is 5.92 Å². The van der Waals surface area contributed by atoms with Crippen LogP contribution in [0.2, 0.25) is 5.02 Å². The minimum Gasteiger partial charge on any atom is -0.352 e. The molecule has 0 unspecified atom stereocenters. The van der Waals surface area contributed by atoms with E-state index in [0.717, 1.165) is 17.5 Å². The number of hydrogen-bond acceptors (Lipinski definition) is 3. The van der Waals surface area contributed by atoms with Gasteiger partial charge >= 0.3 is 0 Å². The van der Waals surface area contributed by atoms with Crippen molar-refractivity contribution in [2.24, 2.45) is 5.92 Å². The lowest BCUT2D eigenvalue weighted by atomic mass is 9.99. The highest BCUT2D eigenvalue weighted by Gasteiger charge is 2.31. The molecule has 1 aliphatic heterocycles. The molecule has 156 valence electrons. The van der Waals surface area contributed by atoms with E-state index in [-0.39, 0.29) is 24.1 Å². The van der Waals surface area contributed by atoms with Gasteiger partial charge in [0.25, 0.3) is 0 Å². The molecule has 2 aromatic carbocycles. The molecule has 1 fully saturated rings. The Morgan fingerprint density at radius 1 is 1.10 bits per heavy atom. The summed E-state index contributed by atoms with van der Waals surface area (Å²) in [6.07, 6.45) is 2.70. The maximum absolute atomic E-state index is 12.7. The van der Waals surface area contributed by atoms with Crippen LogP contribution >= 0.6 is 11.6 Å². The Hall–Kier alpha value is -1.89. The molecule has 0 spiro atoms. The van der Waals surface area contributed by atoms with Gasteiger partial charge in [-0.05, 0) is 42.9 Å². The van der Waals surface area contributed by atoms with E-state index in [2.05, 4.69) is 5.32 Å². The van der Waals surface area contributed by atoms with Gasteiger partial charge in [-0.1, -0.05) is 60.1 Å². The van der Waals surface area contributed by atoms with E-state index in [1.54, 1.807) is 6.07 Å². The molecule has 2 aromatic rings. The SMILES string of the molecule is O=C(NCc1ccccc1Cl)[C@H]1CCCN(S(=O)(=O)CCCc2ccccc2)C1. The first-order valence-corrected chi connectivity index (χ1v) is 12.0. The number of amides is 1. The number of benzene rings is 2. The maximum atomic E-state index is 12.7. The van der Waals surface area contributed by atoms with Crippen molar-refractivity contribution in [2.45, 2.75) is 32.2 Å². The molecule has 3 rings (SSSR count). The van der Waals surface area contributed by atoms with Gasteiger partial charge in [-0.2, -0.15) is 0 Å². The average Bonchev–Trinajstić information content (AvgIpc) is 2.74. The summed E-state index contributed by atoms with van der Waals surface area (Å²) in [4.78, 5) is 12.6. The van der Waals surface area contributed by atoms with Crippen molar-refractivity contribution >= 4 is 27.5 Å². The molecule has 7 heteroatoms. The molecule has 29 heavy (non-hydrogen) atoms. The Balaban J connectivity index is 1.50. The summed E-state index contributed by atoms with van der Waals surface area (Å²) in [5.41, 5.74) is 1.99. The van der Waals surface area contributed by atoms with Crippen molar-refractivity contribution in [2.75, 3.05) is 18.8 Å². The summed E-state index contributed by atoms with van der Waals surface area (Å²) in [6, 6.07) is 17.2. The zero-order valence-electron chi connectivity index (χ0n) is 16.4. The van der Waals surface area contributed by atoms with Crippen molar-refractivity contribution in [1.29, 1.82) is 0 Å². The smallest absolute Gasteiger partial charge is 0.224 e. The second kappa shape index (κ2) is 10.2. The van der Waals surface area contributed by atoms with Crippen LogP contribution in [0.5, 0.6) is 0 Å². The van der Waals surface area contributed by atoms with Gasteiger partial charge in [0.1, 0.15) is 0 Å². The number of hydrogen-bond donors (Lipinski definition) is 1. The van der Waals surface area contributed by atoms with Gasteiger partial charge in [-0.3, -0.25) is 4.79 Å². The Morgan fingerprint density at radius 3 is 2.59 bits per heavy atom. The van der Waals surface area contributed by atoms with Crippen LogP contribution in [-0.2, 0) is 27.8 Å². The zero-order chi connectivity index (χ0) is 20.7. The second-order valence-corrected chi connectivity index (χ2v) is 9.91. The fourth-order valence-corrected chi connectivity index (χ4v) is 5.39. The number of carbonyl (C=O) groups is 1. The van der Waals surface area contributed by atoms with Crippen molar-refractivity contribution in [1.82, 2.24) is 9.62 Å². The van der Waals surface area contributed by atoms with Gasteiger partial charge < -0.3 is 5.32 Å². The molecular formula is C22H27ClN2O3S. The number of rotatable bonds is 8. The first kappa shape index (κ1) is 21.8. The average molecular weight is 435 g/mol. The summed E-state index contributed by atoms with van der Waals surface area (Å²) in [7, 11) is -3.36. The third-order valence-electron chi connectivity index (χ3n) is 5.27. The molecule has 1 heterocycles. The highest BCUT2D eigenvalue weighted by atomic mass is 35.5. The summed E-state index contributed by atoms with van der Waals surface area (Å²) in [6.45, 7) is 1.09. The van der Waals surface area contributed by atoms with E-state index in [4.69, 9.17) is 11.6 Å². The van der Waals surface area contributed by atoms with E-state index >= 15 is 0 Å². The van der Waals surface area contributed by atoms with E-state index in [0.29, 0.717) is 37.4 Å². The summed E-state index contributed by atoms with van der Waals surface area (Å²) in [5, 5.41) is 3.51. The minimum atomic E-state index is -3.36. The number of piperidine rings is 1. The number of carbonyl (C=O) groups excluding carboxylic acids is 1. The van der Waals surface area contributed by atoms with Gasteiger partial charge in [0.05, 0.1) is 11.7 Å². The van der Waals surface area contributed by atoms with Gasteiger partial charge in [0.2, 0.25) is 15.9 Å². The van der Waals surface area contributed by atoms with Gasteiger partial charge in [0.15, 0.2) is 0 Å². The topological polar surface area (TPSA) is 66.5 Å². The Morgan fingerprint density at radius 2 is 1.83 bits per heavy atom. The Labute approximate surface area is 178 Å². The third kappa shape index (κ3) is 6.29. The van der Waals surface area contributed by atoms with Crippen LogP contribution in [0.3, 0.4) is 0 Å². The summed E-state index contributed by atoms with van der Waals surface area (Å²) < 4.78 is 27.0. The largest absolute Gasteiger partial charge is 0.352 e. The van der Waals surface area contributed by atoms with E-state index < -0.39 is 10.0 Å². The fourth-order valence-electron chi connectivity index (χ4n) is 3.61. The zero-order valence-corrected chi connectivity index (χ0v) is 18.0. The normalized spacial score (nSPS) is 17.8. The highest BCUT2D eigenvalue weighted by molar-refractivity contribution is 7.89. The van der Waals surface area contributed by atoms with Crippen molar-refractivity contribution in [3.63, 3.8) is 0 Å². The standard InChI is InChI=1S/C22H27ClN2O3S/c23-21-13-5-4-11-19(21)16-24-22(26)20-12-6-14-25(17-20)29(27,28)15-7-10-18-8-2-1-3-9-18/h1-5,8-9,11,13,20H,6-7,10,12,14-17H2,(H,24,26)/t20-/m0/s1. The molecule has 0 saturated carbocycles. The quantitative estimate of drug-likeness (QED) is 0.689. The van der Waals surface area contributed by atoms with E-state index in [9.17, 15) is 13.2 Å². The lowest BCUT2D eigenvalue weighted by Crippen LogP contribution is -2.46. The molecule has 1 amide bonds. The lowest BCUT2D eigenvalue weighted by molar-refractivity contribution is -0.126. The van der Waals surface area contributed by atoms with Crippen LogP contribution < -0.4 is 5.32 Å². The molecule has 0 aliphatic carbocycles. The van der Waals surface area contributed by atoms with E-state index in [1.165, 1.54) is 4.31 Å². The molecule has 0 aromatic heterocycles. The van der Waals surface area contributed by atoms with Crippen LogP contribution in [0.25, 0.3) is 0 Å². The molecule has 5 nitrogen and oxygen atoms in total. The van der Waals surface area contributed by atoms with Crippen molar-refractivity contribution in [3.05, 3.63) is 70.7 Å². The van der Waals surface area contributed by atoms with Crippen LogP contribution in [0.1, 0.15) is 30.4 Å². The molecule has 1 aliphatic rings. The molecule has 1 N–H and O–H groups in total. The second-order valence-electron chi connectivity index (χ2n) is 7.41. The van der Waals surface area contributed by atoms with Gasteiger partial charge in [-0.25, -0.2) is 12.7 Å². The minimum absolute atomic E-state index is 0.107. The van der Waals surface area contributed by atoms with Gasteiger partial charge in [-0.15, -0.1) is 0 Å². The van der Waals surface area contributed by atoms with Crippen molar-refractivity contribution in [3.8, 4) is 0 Å². The van der Waals surface area contributed by atoms with Crippen LogP contribution in [0.4, 0.5) is 0 Å². The summed E-state index contributed by atoms with van der Waals surface area (Å²) >= 11 is 6.13. The molecule has 1 saturated heterocycles. The Kier molecular flexibility index (Phi) is 7.70. The number of sulfonamides is 1. The monoisotopic (exact) mass is 434 g/mol. The number of halogens is 1. The first-order valence-electron chi connectivity index (χ1n) is 9.98. The molecular weight excluding hydrogens is 408 g/mol. The van der Waals surface area contributed by atoms with Crippen LogP contribution in [0.15, 0.2) is 54.6 Å². The number of nitrogens with zero attached hydrogens (tertiary/aromatic N) is 1. The van der Waals surface area contributed by atoms with Gasteiger partial charge in [0, 0.05) is 24.7 Å². The predicted molar refractivity (Wildman–Crippen MR) is 116 cm³/mol. The number of nitrogens with one attached hydrogen (secondary N) is 1. The Bertz CT molecular complexity index is 919. The third-order valence-corrected chi connectivity index (χ3v) is 7.56.